The van der Waals surface area contributed by atoms with Gasteiger partial charge in [-0.3, -0.25) is 4.79 Å². The average molecular weight is 190 g/mol. The van der Waals surface area contributed by atoms with Crippen molar-refractivity contribution in [2.75, 3.05) is 6.61 Å². The highest BCUT2D eigenvalue weighted by molar-refractivity contribution is 5.83. The van der Waals surface area contributed by atoms with E-state index in [1.54, 1.807) is 13.8 Å². The van der Waals surface area contributed by atoms with Gasteiger partial charge in [-0.15, -0.1) is 0 Å². The van der Waals surface area contributed by atoms with Crippen molar-refractivity contribution in [3.8, 4) is 0 Å². The van der Waals surface area contributed by atoms with Crippen molar-refractivity contribution in [2.24, 2.45) is 0 Å². The third-order valence-electron chi connectivity index (χ3n) is 1.82. The Labute approximate surface area is 76.3 Å². The zero-order chi connectivity index (χ0) is 10.5. The predicted octanol–water partition coefficient (Wildman–Crippen LogP) is 0.731. The number of hydrogen-bond acceptors (Lipinski definition) is 3. The quantitative estimate of drug-likeness (QED) is 0.645. The Bertz CT molecular complexity index is 201. The molecule has 5 nitrogen and oxygen atoms in total. The van der Waals surface area contributed by atoms with Gasteiger partial charge in [-0.1, -0.05) is 6.92 Å². The Kier molecular flexibility index (Phi) is 4.40. The van der Waals surface area contributed by atoms with E-state index in [1.165, 1.54) is 0 Å². The number of carboxylic acids is 2. The molecule has 0 radical (unpaired) electrons. The van der Waals surface area contributed by atoms with Crippen LogP contribution in [0.15, 0.2) is 0 Å². The summed E-state index contributed by atoms with van der Waals surface area (Å²) in [4.78, 5) is 21.2. The fourth-order valence-corrected chi connectivity index (χ4v) is 1.09. The lowest BCUT2D eigenvalue weighted by atomic mass is 9.96. The highest BCUT2D eigenvalue weighted by Gasteiger charge is 2.39. The van der Waals surface area contributed by atoms with Gasteiger partial charge >= 0.3 is 11.9 Å². The molecule has 0 saturated heterocycles. The third kappa shape index (κ3) is 3.02. The lowest BCUT2D eigenvalue weighted by molar-refractivity contribution is -0.172. The molecule has 0 aliphatic heterocycles. The van der Waals surface area contributed by atoms with E-state index in [2.05, 4.69) is 0 Å². The Balaban J connectivity index is 4.64. The molecule has 0 saturated carbocycles. The molecule has 0 aliphatic rings. The molecule has 0 spiro atoms. The molecular formula is C8H14O5. The summed E-state index contributed by atoms with van der Waals surface area (Å²) in [5.41, 5.74) is -1.57. The topological polar surface area (TPSA) is 83.8 Å². The van der Waals surface area contributed by atoms with Crippen LogP contribution in [-0.4, -0.2) is 34.4 Å². The highest BCUT2D eigenvalue weighted by atomic mass is 16.5. The number of ether oxygens (including phenoxy) is 1. The minimum atomic E-state index is -1.57. The van der Waals surface area contributed by atoms with Crippen LogP contribution in [0.3, 0.4) is 0 Å². The standard InChI is InChI=1S/C8H14O5/c1-3-8(7(11)12,13-4-2)5-6(9)10/h3-5H2,1-2H3,(H,9,10)(H,11,12). The van der Waals surface area contributed by atoms with Crippen LogP contribution in [0.25, 0.3) is 0 Å². The Morgan fingerprint density at radius 2 is 1.85 bits per heavy atom. The zero-order valence-electron chi connectivity index (χ0n) is 7.74. The van der Waals surface area contributed by atoms with Gasteiger partial charge in [0.2, 0.25) is 0 Å². The molecule has 5 heteroatoms. The molecule has 2 N–H and O–H groups in total. The molecule has 0 amide bonds. The summed E-state index contributed by atoms with van der Waals surface area (Å²) >= 11 is 0. The van der Waals surface area contributed by atoms with Gasteiger partial charge < -0.3 is 14.9 Å². The largest absolute Gasteiger partial charge is 0.481 e. The number of rotatable bonds is 6. The number of hydrogen-bond donors (Lipinski definition) is 2. The smallest absolute Gasteiger partial charge is 0.336 e. The maximum atomic E-state index is 10.8. The molecule has 0 bridgehead atoms. The van der Waals surface area contributed by atoms with Gasteiger partial charge in [-0.25, -0.2) is 4.79 Å². The second-order valence-corrected chi connectivity index (χ2v) is 2.66. The van der Waals surface area contributed by atoms with E-state index >= 15 is 0 Å². The fraction of sp³-hybridized carbons (Fsp3) is 0.750. The number of carbonyl (C=O) groups is 2. The van der Waals surface area contributed by atoms with Crippen LogP contribution in [0.1, 0.15) is 26.7 Å². The second-order valence-electron chi connectivity index (χ2n) is 2.66. The Hall–Kier alpha value is -1.10. The van der Waals surface area contributed by atoms with Crippen LogP contribution in [0.2, 0.25) is 0 Å². The Morgan fingerprint density at radius 3 is 2.08 bits per heavy atom. The van der Waals surface area contributed by atoms with Crippen LogP contribution in [0.4, 0.5) is 0 Å². The monoisotopic (exact) mass is 190 g/mol. The second kappa shape index (κ2) is 4.81. The molecule has 0 fully saturated rings. The number of carboxylic acid groups (broad SMARTS) is 2. The van der Waals surface area contributed by atoms with Gasteiger partial charge in [-0.05, 0) is 13.3 Å². The van der Waals surface area contributed by atoms with Gasteiger partial charge in [0.1, 0.15) is 0 Å². The van der Waals surface area contributed by atoms with Crippen LogP contribution in [0, 0.1) is 0 Å². The molecule has 0 aromatic carbocycles. The lowest BCUT2D eigenvalue weighted by Crippen LogP contribution is -2.43. The molecule has 0 aromatic rings. The molecule has 0 aromatic heterocycles. The van der Waals surface area contributed by atoms with E-state index in [0.29, 0.717) is 0 Å². The molecule has 76 valence electrons. The summed E-state index contributed by atoms with van der Waals surface area (Å²) in [6.07, 6.45) is -0.366. The van der Waals surface area contributed by atoms with Gasteiger partial charge in [0.05, 0.1) is 6.42 Å². The van der Waals surface area contributed by atoms with Gasteiger partial charge in [0.25, 0.3) is 0 Å². The molecule has 13 heavy (non-hydrogen) atoms. The van der Waals surface area contributed by atoms with Crippen molar-refractivity contribution < 1.29 is 24.5 Å². The number of aliphatic carboxylic acids is 2. The van der Waals surface area contributed by atoms with Crippen molar-refractivity contribution >= 4 is 11.9 Å². The zero-order valence-corrected chi connectivity index (χ0v) is 7.74. The fourth-order valence-electron chi connectivity index (χ4n) is 1.09. The van der Waals surface area contributed by atoms with E-state index in [1.807, 2.05) is 0 Å². The summed E-state index contributed by atoms with van der Waals surface area (Å²) < 4.78 is 4.97. The minimum absolute atomic E-state index is 0.141. The summed E-state index contributed by atoms with van der Waals surface area (Å²) in [7, 11) is 0. The molecule has 1 atom stereocenters. The summed E-state index contributed by atoms with van der Waals surface area (Å²) in [5.74, 6) is -2.39. The molecular weight excluding hydrogens is 176 g/mol. The maximum Gasteiger partial charge on any atom is 0.336 e. The van der Waals surface area contributed by atoms with E-state index in [4.69, 9.17) is 14.9 Å². The van der Waals surface area contributed by atoms with Crippen LogP contribution in [0.5, 0.6) is 0 Å². The van der Waals surface area contributed by atoms with Gasteiger partial charge in [0.15, 0.2) is 5.60 Å². The lowest BCUT2D eigenvalue weighted by Gasteiger charge is -2.25. The van der Waals surface area contributed by atoms with Crippen molar-refractivity contribution in [1.82, 2.24) is 0 Å². The van der Waals surface area contributed by atoms with E-state index < -0.39 is 24.0 Å². The van der Waals surface area contributed by atoms with Gasteiger partial charge in [0, 0.05) is 6.61 Å². The first kappa shape index (κ1) is 11.9. The third-order valence-corrected chi connectivity index (χ3v) is 1.82. The average Bonchev–Trinajstić information content (AvgIpc) is 2.02. The minimum Gasteiger partial charge on any atom is -0.481 e. The summed E-state index contributed by atoms with van der Waals surface area (Å²) in [5, 5.41) is 17.3. The van der Waals surface area contributed by atoms with Crippen LogP contribution < -0.4 is 0 Å². The normalized spacial score (nSPS) is 14.9. The van der Waals surface area contributed by atoms with E-state index in [9.17, 15) is 9.59 Å². The van der Waals surface area contributed by atoms with Crippen LogP contribution >= 0.6 is 0 Å². The van der Waals surface area contributed by atoms with Crippen molar-refractivity contribution in [3.63, 3.8) is 0 Å². The van der Waals surface area contributed by atoms with E-state index in [0.717, 1.165) is 0 Å². The highest BCUT2D eigenvalue weighted by Crippen LogP contribution is 2.21. The maximum absolute atomic E-state index is 10.8. The molecule has 0 aliphatic carbocycles. The first-order chi connectivity index (χ1) is 5.98. The SMILES string of the molecule is CCOC(CC)(CC(=O)O)C(=O)O. The summed E-state index contributed by atoms with van der Waals surface area (Å²) in [6, 6.07) is 0. The van der Waals surface area contributed by atoms with Crippen LogP contribution in [-0.2, 0) is 14.3 Å². The van der Waals surface area contributed by atoms with E-state index in [-0.39, 0.29) is 13.0 Å². The first-order valence-electron chi connectivity index (χ1n) is 4.07. The molecule has 1 unspecified atom stereocenters. The van der Waals surface area contributed by atoms with Crippen molar-refractivity contribution in [2.45, 2.75) is 32.3 Å². The molecule has 0 heterocycles. The molecule has 0 rings (SSSR count). The first-order valence-corrected chi connectivity index (χ1v) is 4.07. The van der Waals surface area contributed by atoms with Gasteiger partial charge in [-0.2, -0.15) is 0 Å². The predicted molar refractivity (Wildman–Crippen MR) is 44.5 cm³/mol. The van der Waals surface area contributed by atoms with Crippen molar-refractivity contribution in [3.05, 3.63) is 0 Å². The Morgan fingerprint density at radius 1 is 1.31 bits per heavy atom. The summed E-state index contributed by atoms with van der Waals surface area (Å²) in [6.45, 7) is 3.41. The van der Waals surface area contributed by atoms with Crippen molar-refractivity contribution in [1.29, 1.82) is 0 Å².